The molecule has 0 atom stereocenters. The van der Waals surface area contributed by atoms with Gasteiger partial charge < -0.3 is 68.7 Å². The topological polar surface area (TPSA) is 269 Å². The molecule has 4 aliphatic rings. The number of nitrogens with one attached hydrogen (secondary N) is 6. The van der Waals surface area contributed by atoms with Gasteiger partial charge >= 0.3 is 0 Å². The smallest absolute Gasteiger partial charge is 0.262 e. The Labute approximate surface area is 683 Å². The first kappa shape index (κ1) is 78.2. The number of methoxy groups -OCH3 is 3. The average molecular weight is 1620 g/mol. The van der Waals surface area contributed by atoms with Crippen LogP contribution >= 0.6 is 15.9 Å². The molecule has 0 bridgehead atoms. The molecular weight excluding hydrogens is 1530 g/mol. The Morgan fingerprint density at radius 2 is 0.966 bits per heavy atom. The zero-order chi connectivity index (χ0) is 82.0. The van der Waals surface area contributed by atoms with Crippen molar-refractivity contribution >= 4 is 103 Å². The van der Waals surface area contributed by atoms with Gasteiger partial charge in [0, 0.05) is 119 Å². The number of aromatic hydroxyl groups is 3. The predicted molar refractivity (Wildman–Crippen MR) is 468 cm³/mol. The number of aromatic amines is 6. The van der Waals surface area contributed by atoms with E-state index in [1.807, 2.05) is 187 Å². The molecule has 0 radical (unpaired) electrons. The molecule has 0 unspecified atom stereocenters. The van der Waals surface area contributed by atoms with E-state index in [-0.39, 0.29) is 29.3 Å². The van der Waals surface area contributed by atoms with Crippen molar-refractivity contribution in [3.05, 3.63) is 354 Å². The second-order valence-electron chi connectivity index (χ2n) is 29.6. The van der Waals surface area contributed by atoms with Gasteiger partial charge in [0.1, 0.15) is 51.7 Å². The number of carbonyl (C=O) groups excluding carboxylic acids is 1. The lowest BCUT2D eigenvalue weighted by Gasteiger charge is -2.10. The zero-order valence-electron chi connectivity index (χ0n) is 67.2. The van der Waals surface area contributed by atoms with Gasteiger partial charge in [-0.2, -0.15) is 0 Å². The molecule has 0 saturated carbocycles. The van der Waals surface area contributed by atoms with Crippen LogP contribution in [-0.2, 0) is 16.0 Å². The first-order valence-corrected chi connectivity index (χ1v) is 39.1. The number of hydrogen-bond acceptors (Lipinski definition) is 12. The number of ether oxygens (including phenoxy) is 4. The van der Waals surface area contributed by atoms with E-state index in [2.05, 4.69) is 137 Å². The van der Waals surface area contributed by atoms with Crippen LogP contribution < -0.4 is 52.0 Å². The molecular formula is C96H89BrN12O8. The molecule has 8 aromatic heterocycles. The maximum atomic E-state index is 13.6. The number of aromatic nitrogens is 8. The van der Waals surface area contributed by atoms with E-state index < -0.39 is 0 Å². The lowest BCUT2D eigenvalue weighted by molar-refractivity contribution is 0.0964. The monoisotopic (exact) mass is 1620 g/mol. The van der Waals surface area contributed by atoms with E-state index in [0.29, 0.717) is 29.3 Å². The highest BCUT2D eigenvalue weighted by Crippen LogP contribution is 2.33. The van der Waals surface area contributed by atoms with Crippen molar-refractivity contribution in [2.45, 2.75) is 81.9 Å². The fraction of sp³-hybridized carbons (Fsp3) is 0.156. The van der Waals surface area contributed by atoms with Crippen LogP contribution in [0.1, 0.15) is 109 Å². The summed E-state index contributed by atoms with van der Waals surface area (Å²) < 4.78 is 27.7. The molecule has 12 heterocycles. The number of carbonyl (C=O) groups is 1. The van der Waals surface area contributed by atoms with Crippen LogP contribution in [0.2, 0.25) is 0 Å². The fourth-order valence-corrected chi connectivity index (χ4v) is 15.0. The summed E-state index contributed by atoms with van der Waals surface area (Å²) in [6.07, 6.45) is 16.0. The summed E-state index contributed by atoms with van der Waals surface area (Å²) in [4.78, 5) is 52.9. The Balaban J connectivity index is 0.000000123. The van der Waals surface area contributed by atoms with Crippen molar-refractivity contribution in [3.8, 4) is 28.7 Å². The molecule has 4 aliphatic heterocycles. The lowest BCUT2D eigenvalue weighted by Crippen LogP contribution is -2.20. The SMILES string of the molecule is COC1=CC(c2cc3ccccc3n2C(=O)c2ccc(Br)cc2)=N/C1=C/c1[nH]c(C)cc1C.COC1=CC(c2cc3ccccc3n2Cc2ccc(O)cc2)=N/C1=C\c1[nH]c(C)cc1C.COc1cc(=C2C=c3c(O)cccc3=N2)[nH]/c1=C\c1[nH]c(C)cc1C.Cc1cc(C)c(/C=c2\[nH]c(=C3C=c4ccc(O)cc4=N3)cc2OC(C)C)[nH]1. The van der Waals surface area contributed by atoms with Crippen LogP contribution in [0.25, 0.3) is 69.7 Å². The number of aryl methyl sites for hydroxylation is 8. The summed E-state index contributed by atoms with van der Waals surface area (Å²) in [6, 6.07) is 58.0. The molecule has 18 rings (SSSR count). The normalized spacial score (nSPS) is 15.1. The van der Waals surface area contributed by atoms with Gasteiger partial charge in [0.25, 0.3) is 5.91 Å². The van der Waals surface area contributed by atoms with Crippen molar-refractivity contribution in [1.82, 2.24) is 39.0 Å². The number of fused-ring (bicyclic) bond motifs is 4. The number of allylic oxidation sites excluding steroid dienone is 2. The maximum absolute atomic E-state index is 13.6. The molecule has 20 nitrogen and oxygen atoms in total. The van der Waals surface area contributed by atoms with Gasteiger partial charge in [0.15, 0.2) is 0 Å². The first-order valence-electron chi connectivity index (χ1n) is 38.3. The average Bonchev–Trinajstić information content (AvgIpc) is 1.60. The Hall–Kier alpha value is -14.1. The molecule has 0 spiro atoms. The summed E-state index contributed by atoms with van der Waals surface area (Å²) in [7, 11) is 4.96. The van der Waals surface area contributed by atoms with Crippen molar-refractivity contribution in [2.75, 3.05) is 21.3 Å². The zero-order valence-corrected chi connectivity index (χ0v) is 68.8. The van der Waals surface area contributed by atoms with Crippen molar-refractivity contribution in [1.29, 1.82) is 0 Å². The number of rotatable bonds is 14. The largest absolute Gasteiger partial charge is 0.508 e. The number of hydrogen-bond donors (Lipinski definition) is 9. The molecule has 0 fully saturated rings. The van der Waals surface area contributed by atoms with E-state index in [9.17, 15) is 20.1 Å². The highest BCUT2D eigenvalue weighted by Gasteiger charge is 2.26. The van der Waals surface area contributed by atoms with Gasteiger partial charge in [0.2, 0.25) is 0 Å². The van der Waals surface area contributed by atoms with Crippen LogP contribution in [0.4, 0.5) is 0 Å². The number of benzene rings is 6. The van der Waals surface area contributed by atoms with Crippen LogP contribution in [-0.4, -0.2) is 99.1 Å². The highest BCUT2D eigenvalue weighted by atomic mass is 79.9. The third-order valence-corrected chi connectivity index (χ3v) is 20.9. The van der Waals surface area contributed by atoms with Gasteiger partial charge in [-0.15, -0.1) is 0 Å². The van der Waals surface area contributed by atoms with E-state index in [0.717, 1.165) is 177 Å². The summed E-state index contributed by atoms with van der Waals surface area (Å²) >= 11 is 3.44. The van der Waals surface area contributed by atoms with E-state index in [1.54, 1.807) is 62.3 Å². The minimum absolute atomic E-state index is 0.0657. The minimum Gasteiger partial charge on any atom is -0.508 e. The van der Waals surface area contributed by atoms with Gasteiger partial charge in [-0.25, -0.2) is 20.0 Å². The van der Waals surface area contributed by atoms with Gasteiger partial charge in [-0.1, -0.05) is 70.5 Å². The number of para-hydroxylation sites is 2. The minimum atomic E-state index is -0.109. The van der Waals surface area contributed by atoms with Crippen LogP contribution in [0, 0.1) is 55.4 Å². The molecule has 6 aromatic carbocycles. The standard InChI is InChI=1S/C27H22BrN3O2.C27H25N3O2.C22H23N3O2.C20H19N3O2/c1-16-12-17(2)29-21(16)14-23-26(33-3)15-22(30-23)25-13-19-6-4-5-7-24(19)31(25)27(32)18-8-10-20(28)11-9-18;1-17-12-18(2)28-22(17)14-24-27(32-3)15-23(29-24)26-13-20-6-4-5-7-25(20)30(26)16-19-8-10-21(31)11-9-19;1-12(2)27-22-11-20(19-8-15-5-6-16(26)9-18(15)24-19)25-21(22)10-17-13(3)7-14(4)23-17;1-11-7-12(2)21-15(11)9-18-20(25-3)10-17(23-18)16-8-13-14(22-16)5-4-6-19(13)24/h4-15,29H,1-3H3;4-15,28,31H,16H2,1-3H3;5-12,23,25-26H,1-4H3;4-10,21,23-24H,1-3H3/b23-14+;24-14-;20-19?,21-10-;17-16?,18-9-. The third kappa shape index (κ3) is 17.0. The maximum Gasteiger partial charge on any atom is 0.262 e. The van der Waals surface area contributed by atoms with Crippen LogP contribution in [0.5, 0.6) is 28.7 Å². The van der Waals surface area contributed by atoms with Gasteiger partial charge in [0.05, 0.1) is 99.3 Å². The van der Waals surface area contributed by atoms with Gasteiger partial charge in [-0.05, 0) is 243 Å². The number of nitrogens with zero attached hydrogens (tertiary/aromatic N) is 6. The molecule has 9 N–H and O–H groups in total. The van der Waals surface area contributed by atoms with Crippen LogP contribution in [0.15, 0.2) is 241 Å². The van der Waals surface area contributed by atoms with Crippen molar-refractivity contribution in [3.63, 3.8) is 0 Å². The first-order chi connectivity index (χ1) is 56.4. The highest BCUT2D eigenvalue weighted by molar-refractivity contribution is 9.10. The molecule has 117 heavy (non-hydrogen) atoms. The quantitative estimate of drug-likeness (QED) is 0.0504. The van der Waals surface area contributed by atoms with Gasteiger partial charge in [-0.3, -0.25) is 9.36 Å². The third-order valence-electron chi connectivity index (χ3n) is 20.4. The molecule has 0 aliphatic carbocycles. The second kappa shape index (κ2) is 33.2. The lowest BCUT2D eigenvalue weighted by atomic mass is 10.2. The summed E-state index contributed by atoms with van der Waals surface area (Å²) in [6.45, 7) is 21.1. The Morgan fingerprint density at radius 1 is 0.470 bits per heavy atom. The molecule has 588 valence electrons. The number of halogens is 1. The second-order valence-corrected chi connectivity index (χ2v) is 30.5. The fourth-order valence-electron chi connectivity index (χ4n) is 14.8. The summed E-state index contributed by atoms with van der Waals surface area (Å²) in [5.41, 5.74) is 23.3. The number of phenolic OH excluding ortho intramolecular Hbond substituents is 3. The molecule has 14 aromatic rings. The summed E-state index contributed by atoms with van der Waals surface area (Å²) in [5.74, 6) is 3.55. The van der Waals surface area contributed by atoms with E-state index >= 15 is 0 Å². The molecule has 0 amide bonds. The van der Waals surface area contributed by atoms with E-state index in [1.165, 1.54) is 16.7 Å². The Kier molecular flexibility index (Phi) is 22.2. The van der Waals surface area contributed by atoms with Crippen LogP contribution in [0.3, 0.4) is 0 Å². The number of phenols is 3. The Morgan fingerprint density at radius 3 is 1.50 bits per heavy atom. The van der Waals surface area contributed by atoms with Crippen molar-refractivity contribution < 1.29 is 39.1 Å². The van der Waals surface area contributed by atoms with Crippen molar-refractivity contribution in [2.24, 2.45) is 20.0 Å². The van der Waals surface area contributed by atoms with E-state index in [4.69, 9.17) is 28.9 Å². The number of aliphatic imine (C=N–C) groups is 2. The Bertz CT molecular complexity index is 7030. The molecule has 21 heteroatoms. The summed E-state index contributed by atoms with van der Waals surface area (Å²) in [5, 5.41) is 38.2. The number of H-pyrrole nitrogens is 6. The predicted octanol–water partition coefficient (Wildman–Crippen LogP) is 14.4. The molecule has 0 saturated heterocycles.